The average Bonchev–Trinajstić information content (AvgIpc) is 3.35. The number of ether oxygens (including phenoxy) is 1. The Morgan fingerprint density at radius 1 is 0.900 bits per heavy atom. The van der Waals surface area contributed by atoms with E-state index in [0.29, 0.717) is 17.4 Å². The van der Waals surface area contributed by atoms with Crippen LogP contribution in [0.5, 0.6) is 5.75 Å². The number of hydrazone groups is 1. The van der Waals surface area contributed by atoms with Gasteiger partial charge in [0.2, 0.25) is 12.3 Å². The summed E-state index contributed by atoms with van der Waals surface area (Å²) >= 11 is 0. The highest BCUT2D eigenvalue weighted by atomic mass is 16.5. The first-order valence-corrected chi connectivity index (χ1v) is 9.26. The minimum absolute atomic E-state index is 0.166. The topological polar surface area (TPSA) is 89.6 Å². The highest BCUT2D eigenvalue weighted by Crippen LogP contribution is 2.20. The summed E-state index contributed by atoms with van der Waals surface area (Å²) in [6, 6.07) is 26.4. The molecule has 0 saturated heterocycles. The molecular formula is C23H18N4O3. The number of nitrogens with zero attached hydrogens (tertiary/aromatic N) is 3. The molecule has 0 unspecified atom stereocenters. The molecule has 7 nitrogen and oxygen atoms in total. The summed E-state index contributed by atoms with van der Waals surface area (Å²) in [5.41, 5.74) is 5.83. The van der Waals surface area contributed by atoms with Crippen LogP contribution in [-0.2, 0) is 4.79 Å². The number of aromatic nitrogens is 2. The second kappa shape index (κ2) is 9.29. The number of amides is 1. The SMILES string of the molecule is O=C(COc1ccc(-c2nnco2)cc1)NN=C(c1ccccc1)c1ccccc1. The number of rotatable bonds is 7. The normalized spacial score (nSPS) is 10.3. The molecule has 0 radical (unpaired) electrons. The Balaban J connectivity index is 1.40. The Morgan fingerprint density at radius 2 is 1.53 bits per heavy atom. The number of hydrogen-bond acceptors (Lipinski definition) is 6. The quantitative estimate of drug-likeness (QED) is 0.379. The van der Waals surface area contributed by atoms with Crippen molar-refractivity contribution in [3.8, 4) is 17.2 Å². The Labute approximate surface area is 173 Å². The fraction of sp³-hybridized carbons (Fsp3) is 0.0435. The van der Waals surface area contributed by atoms with Gasteiger partial charge in [-0.2, -0.15) is 5.10 Å². The number of nitrogens with one attached hydrogen (secondary N) is 1. The lowest BCUT2D eigenvalue weighted by Crippen LogP contribution is -2.26. The van der Waals surface area contributed by atoms with E-state index in [9.17, 15) is 4.79 Å². The summed E-state index contributed by atoms with van der Waals surface area (Å²) < 4.78 is 10.7. The number of carbonyl (C=O) groups excluding carboxylic acids is 1. The standard InChI is InChI=1S/C23H18N4O3/c28-21(15-29-20-13-11-19(12-14-20)23-27-24-16-30-23)25-26-22(17-7-3-1-4-8-17)18-9-5-2-6-10-18/h1-14,16H,15H2,(H,25,28). The zero-order valence-electron chi connectivity index (χ0n) is 15.9. The summed E-state index contributed by atoms with van der Waals surface area (Å²) in [5.74, 6) is 0.604. The van der Waals surface area contributed by atoms with Crippen molar-refractivity contribution in [3.05, 3.63) is 102 Å². The molecule has 4 aromatic rings. The molecular weight excluding hydrogens is 380 g/mol. The van der Waals surface area contributed by atoms with Gasteiger partial charge in [0.05, 0.1) is 5.71 Å². The van der Waals surface area contributed by atoms with Gasteiger partial charge in [-0.15, -0.1) is 10.2 Å². The lowest BCUT2D eigenvalue weighted by molar-refractivity contribution is -0.123. The molecule has 1 heterocycles. The third-order valence-electron chi connectivity index (χ3n) is 4.22. The van der Waals surface area contributed by atoms with Crippen LogP contribution in [0.1, 0.15) is 11.1 Å². The van der Waals surface area contributed by atoms with Crippen LogP contribution in [0.2, 0.25) is 0 Å². The summed E-state index contributed by atoms with van der Waals surface area (Å²) in [6.07, 6.45) is 1.27. The van der Waals surface area contributed by atoms with Crippen LogP contribution in [0.25, 0.3) is 11.5 Å². The van der Waals surface area contributed by atoms with E-state index in [0.717, 1.165) is 16.7 Å². The highest BCUT2D eigenvalue weighted by Gasteiger charge is 2.09. The lowest BCUT2D eigenvalue weighted by atomic mass is 10.0. The van der Waals surface area contributed by atoms with Crippen molar-refractivity contribution >= 4 is 11.6 Å². The molecule has 0 saturated carbocycles. The van der Waals surface area contributed by atoms with Crippen LogP contribution >= 0.6 is 0 Å². The maximum Gasteiger partial charge on any atom is 0.277 e. The van der Waals surface area contributed by atoms with Gasteiger partial charge >= 0.3 is 0 Å². The van der Waals surface area contributed by atoms with Crippen molar-refractivity contribution < 1.29 is 13.9 Å². The van der Waals surface area contributed by atoms with Crippen LogP contribution in [0.15, 0.2) is 101 Å². The second-order valence-electron chi connectivity index (χ2n) is 6.28. The van der Waals surface area contributed by atoms with E-state index in [1.54, 1.807) is 24.3 Å². The number of carbonyl (C=O) groups is 1. The van der Waals surface area contributed by atoms with Crippen LogP contribution in [-0.4, -0.2) is 28.4 Å². The Kier molecular flexibility index (Phi) is 5.91. The average molecular weight is 398 g/mol. The molecule has 0 aliphatic carbocycles. The number of benzene rings is 3. The molecule has 1 amide bonds. The molecule has 4 rings (SSSR count). The minimum atomic E-state index is -0.361. The van der Waals surface area contributed by atoms with E-state index in [-0.39, 0.29) is 12.5 Å². The van der Waals surface area contributed by atoms with Gasteiger partial charge in [-0.1, -0.05) is 60.7 Å². The van der Waals surface area contributed by atoms with Crippen LogP contribution in [0.4, 0.5) is 0 Å². The molecule has 1 N–H and O–H groups in total. The Morgan fingerprint density at radius 3 is 2.10 bits per heavy atom. The van der Waals surface area contributed by atoms with E-state index < -0.39 is 0 Å². The van der Waals surface area contributed by atoms with Gasteiger partial charge < -0.3 is 9.15 Å². The third kappa shape index (κ3) is 4.77. The Hall–Kier alpha value is -4.26. The smallest absolute Gasteiger partial charge is 0.277 e. The van der Waals surface area contributed by atoms with Crippen molar-refractivity contribution in [2.24, 2.45) is 5.10 Å². The molecule has 0 atom stereocenters. The fourth-order valence-electron chi connectivity index (χ4n) is 2.78. The highest BCUT2D eigenvalue weighted by molar-refractivity contribution is 6.13. The van der Waals surface area contributed by atoms with Gasteiger partial charge in [0.25, 0.3) is 5.91 Å². The van der Waals surface area contributed by atoms with E-state index in [2.05, 4.69) is 20.7 Å². The molecule has 1 aromatic heterocycles. The first kappa shape index (κ1) is 19.1. The second-order valence-corrected chi connectivity index (χ2v) is 6.28. The van der Waals surface area contributed by atoms with Crippen molar-refractivity contribution in [2.75, 3.05) is 6.61 Å². The summed E-state index contributed by atoms with van der Waals surface area (Å²) in [4.78, 5) is 12.3. The molecule has 7 heteroatoms. The molecule has 3 aromatic carbocycles. The monoisotopic (exact) mass is 398 g/mol. The molecule has 0 aliphatic rings. The predicted molar refractivity (Wildman–Crippen MR) is 112 cm³/mol. The van der Waals surface area contributed by atoms with Gasteiger partial charge in [0.15, 0.2) is 6.61 Å². The number of hydrogen-bond donors (Lipinski definition) is 1. The first-order chi connectivity index (χ1) is 14.8. The van der Waals surface area contributed by atoms with Crippen molar-refractivity contribution in [1.82, 2.24) is 15.6 Å². The maximum absolute atomic E-state index is 12.3. The first-order valence-electron chi connectivity index (χ1n) is 9.26. The van der Waals surface area contributed by atoms with Crippen molar-refractivity contribution in [3.63, 3.8) is 0 Å². The van der Waals surface area contributed by atoms with Gasteiger partial charge in [-0.25, -0.2) is 5.43 Å². The summed E-state index contributed by atoms with van der Waals surface area (Å²) in [7, 11) is 0. The van der Waals surface area contributed by atoms with E-state index in [1.165, 1.54) is 6.39 Å². The van der Waals surface area contributed by atoms with Crippen LogP contribution in [0.3, 0.4) is 0 Å². The van der Waals surface area contributed by atoms with Crippen LogP contribution in [0, 0.1) is 0 Å². The zero-order chi connectivity index (χ0) is 20.6. The maximum atomic E-state index is 12.3. The van der Waals surface area contributed by atoms with E-state index >= 15 is 0 Å². The van der Waals surface area contributed by atoms with E-state index in [1.807, 2.05) is 60.7 Å². The van der Waals surface area contributed by atoms with Gasteiger partial charge in [-0.3, -0.25) is 4.79 Å². The van der Waals surface area contributed by atoms with Gasteiger partial charge in [-0.05, 0) is 24.3 Å². The fourth-order valence-corrected chi connectivity index (χ4v) is 2.78. The minimum Gasteiger partial charge on any atom is -0.484 e. The largest absolute Gasteiger partial charge is 0.484 e. The van der Waals surface area contributed by atoms with Gasteiger partial charge in [0.1, 0.15) is 5.75 Å². The molecule has 0 bridgehead atoms. The molecule has 0 fully saturated rings. The molecule has 0 aliphatic heterocycles. The van der Waals surface area contributed by atoms with Crippen molar-refractivity contribution in [1.29, 1.82) is 0 Å². The summed E-state index contributed by atoms with van der Waals surface area (Å²) in [5, 5.41) is 11.8. The molecule has 0 spiro atoms. The van der Waals surface area contributed by atoms with Gasteiger partial charge in [0, 0.05) is 16.7 Å². The van der Waals surface area contributed by atoms with Crippen LogP contribution < -0.4 is 10.2 Å². The Bertz CT molecular complexity index is 1070. The van der Waals surface area contributed by atoms with Crippen molar-refractivity contribution in [2.45, 2.75) is 0 Å². The predicted octanol–water partition coefficient (Wildman–Crippen LogP) is 3.68. The molecule has 148 valence electrons. The lowest BCUT2D eigenvalue weighted by Gasteiger charge is -2.09. The summed E-state index contributed by atoms with van der Waals surface area (Å²) in [6.45, 7) is -0.166. The molecule has 30 heavy (non-hydrogen) atoms. The zero-order valence-corrected chi connectivity index (χ0v) is 15.9. The van der Waals surface area contributed by atoms with E-state index in [4.69, 9.17) is 9.15 Å². The third-order valence-corrected chi connectivity index (χ3v) is 4.22.